The second-order valence-corrected chi connectivity index (χ2v) is 4.49. The topological polar surface area (TPSA) is 30.5 Å². The van der Waals surface area contributed by atoms with Crippen molar-refractivity contribution in [1.82, 2.24) is 5.32 Å². The van der Waals surface area contributed by atoms with Gasteiger partial charge in [0.05, 0.1) is 12.7 Å². The fourth-order valence-electron chi connectivity index (χ4n) is 1.61. The van der Waals surface area contributed by atoms with E-state index in [9.17, 15) is 0 Å². The molecule has 0 aliphatic heterocycles. The van der Waals surface area contributed by atoms with E-state index in [0.717, 1.165) is 19.6 Å². The highest BCUT2D eigenvalue weighted by atomic mass is 16.5. The molecular weight excluding hydrogens is 202 g/mol. The quantitative estimate of drug-likeness (QED) is 0.554. The molecule has 3 heteroatoms. The summed E-state index contributed by atoms with van der Waals surface area (Å²) >= 11 is 0. The SMILES string of the molecule is CCCNC(C)CCCCOC(C)COC. The van der Waals surface area contributed by atoms with E-state index in [1.54, 1.807) is 7.11 Å². The lowest BCUT2D eigenvalue weighted by Gasteiger charge is -2.14. The average Bonchev–Trinajstić information content (AvgIpc) is 2.26. The predicted octanol–water partition coefficient (Wildman–Crippen LogP) is 2.60. The maximum atomic E-state index is 5.60. The van der Waals surface area contributed by atoms with Crippen molar-refractivity contribution in [1.29, 1.82) is 0 Å². The maximum Gasteiger partial charge on any atom is 0.0780 e. The Bertz CT molecular complexity index is 142. The summed E-state index contributed by atoms with van der Waals surface area (Å²) in [5.74, 6) is 0. The number of hydrogen-bond acceptors (Lipinski definition) is 3. The summed E-state index contributed by atoms with van der Waals surface area (Å²) in [6.07, 6.45) is 5.05. The van der Waals surface area contributed by atoms with Gasteiger partial charge in [-0.3, -0.25) is 0 Å². The van der Waals surface area contributed by atoms with E-state index in [-0.39, 0.29) is 6.10 Å². The van der Waals surface area contributed by atoms with E-state index in [1.807, 2.05) is 0 Å². The molecule has 0 fully saturated rings. The molecule has 0 rings (SSSR count). The minimum atomic E-state index is 0.223. The molecule has 0 aromatic rings. The summed E-state index contributed by atoms with van der Waals surface area (Å²) in [5.41, 5.74) is 0. The molecule has 2 atom stereocenters. The number of ether oxygens (including phenoxy) is 2. The second-order valence-electron chi connectivity index (χ2n) is 4.49. The van der Waals surface area contributed by atoms with Gasteiger partial charge in [-0.25, -0.2) is 0 Å². The summed E-state index contributed by atoms with van der Waals surface area (Å²) in [6.45, 7) is 9.17. The van der Waals surface area contributed by atoms with Gasteiger partial charge in [-0.1, -0.05) is 6.92 Å². The zero-order chi connectivity index (χ0) is 12.2. The molecular formula is C13H29NO2. The highest BCUT2D eigenvalue weighted by molar-refractivity contribution is 4.59. The molecule has 3 nitrogen and oxygen atoms in total. The van der Waals surface area contributed by atoms with Crippen molar-refractivity contribution in [3.63, 3.8) is 0 Å². The molecule has 98 valence electrons. The standard InChI is InChI=1S/C13H29NO2/c1-5-9-14-12(2)8-6-7-10-16-13(3)11-15-4/h12-14H,5-11H2,1-4H3. The maximum absolute atomic E-state index is 5.60. The summed E-state index contributed by atoms with van der Waals surface area (Å²) in [7, 11) is 1.71. The lowest BCUT2D eigenvalue weighted by atomic mass is 10.1. The number of unbranched alkanes of at least 4 members (excludes halogenated alkanes) is 1. The summed E-state index contributed by atoms with van der Waals surface area (Å²) in [6, 6.07) is 0.636. The Balaban J connectivity index is 3.19. The number of rotatable bonds is 11. The van der Waals surface area contributed by atoms with Crippen molar-refractivity contribution in [3.05, 3.63) is 0 Å². The first-order chi connectivity index (χ1) is 7.70. The van der Waals surface area contributed by atoms with Crippen LogP contribution in [0.15, 0.2) is 0 Å². The molecule has 0 aromatic heterocycles. The van der Waals surface area contributed by atoms with E-state index in [0.29, 0.717) is 12.6 Å². The lowest BCUT2D eigenvalue weighted by molar-refractivity contribution is 0.00753. The largest absolute Gasteiger partial charge is 0.382 e. The van der Waals surface area contributed by atoms with Gasteiger partial charge in [-0.2, -0.15) is 0 Å². The lowest BCUT2D eigenvalue weighted by Crippen LogP contribution is -2.26. The van der Waals surface area contributed by atoms with Crippen molar-refractivity contribution in [2.75, 3.05) is 26.9 Å². The molecule has 0 saturated heterocycles. The van der Waals surface area contributed by atoms with Crippen molar-refractivity contribution in [2.45, 2.75) is 58.6 Å². The van der Waals surface area contributed by atoms with Crippen molar-refractivity contribution in [2.24, 2.45) is 0 Å². The van der Waals surface area contributed by atoms with Crippen LogP contribution in [0.5, 0.6) is 0 Å². The second kappa shape index (κ2) is 11.4. The fraction of sp³-hybridized carbons (Fsp3) is 1.00. The smallest absolute Gasteiger partial charge is 0.0780 e. The third-order valence-electron chi connectivity index (χ3n) is 2.58. The fourth-order valence-corrected chi connectivity index (χ4v) is 1.61. The number of nitrogens with one attached hydrogen (secondary N) is 1. The van der Waals surface area contributed by atoms with E-state index in [4.69, 9.17) is 9.47 Å². The summed E-state index contributed by atoms with van der Waals surface area (Å²) in [4.78, 5) is 0. The molecule has 0 bridgehead atoms. The Morgan fingerprint density at radius 1 is 1.19 bits per heavy atom. The molecule has 16 heavy (non-hydrogen) atoms. The highest BCUT2D eigenvalue weighted by Crippen LogP contribution is 2.02. The Kier molecular flexibility index (Phi) is 11.3. The molecule has 0 aromatic carbocycles. The summed E-state index contributed by atoms with van der Waals surface area (Å²) < 4.78 is 10.6. The van der Waals surface area contributed by atoms with Gasteiger partial charge in [-0.05, 0) is 46.1 Å². The highest BCUT2D eigenvalue weighted by Gasteiger charge is 2.02. The minimum absolute atomic E-state index is 0.223. The van der Waals surface area contributed by atoms with Crippen LogP contribution in [0.2, 0.25) is 0 Å². The van der Waals surface area contributed by atoms with Gasteiger partial charge < -0.3 is 14.8 Å². The van der Waals surface area contributed by atoms with Crippen molar-refractivity contribution < 1.29 is 9.47 Å². The van der Waals surface area contributed by atoms with E-state index < -0.39 is 0 Å². The Morgan fingerprint density at radius 3 is 2.56 bits per heavy atom. The summed E-state index contributed by atoms with van der Waals surface area (Å²) in [5, 5.41) is 3.49. The molecule has 0 radical (unpaired) electrons. The van der Waals surface area contributed by atoms with Crippen LogP contribution in [0, 0.1) is 0 Å². The van der Waals surface area contributed by atoms with Crippen molar-refractivity contribution >= 4 is 0 Å². The van der Waals surface area contributed by atoms with Gasteiger partial charge >= 0.3 is 0 Å². The van der Waals surface area contributed by atoms with Gasteiger partial charge in [0.1, 0.15) is 0 Å². The first-order valence-corrected chi connectivity index (χ1v) is 6.54. The average molecular weight is 231 g/mol. The molecule has 0 heterocycles. The number of hydrogen-bond donors (Lipinski definition) is 1. The molecule has 0 saturated carbocycles. The molecule has 0 spiro atoms. The number of methoxy groups -OCH3 is 1. The zero-order valence-electron chi connectivity index (χ0n) is 11.4. The van der Waals surface area contributed by atoms with Crippen LogP contribution in [-0.2, 0) is 9.47 Å². The van der Waals surface area contributed by atoms with Gasteiger partial charge in [0.2, 0.25) is 0 Å². The Morgan fingerprint density at radius 2 is 1.94 bits per heavy atom. The van der Waals surface area contributed by atoms with Gasteiger partial charge in [0.25, 0.3) is 0 Å². The van der Waals surface area contributed by atoms with Crippen LogP contribution < -0.4 is 5.32 Å². The minimum Gasteiger partial charge on any atom is -0.382 e. The Labute approximate surface area is 101 Å². The van der Waals surface area contributed by atoms with Crippen LogP contribution in [0.4, 0.5) is 0 Å². The third kappa shape index (κ3) is 10.4. The zero-order valence-corrected chi connectivity index (χ0v) is 11.4. The normalized spacial score (nSPS) is 15.0. The first-order valence-electron chi connectivity index (χ1n) is 6.54. The van der Waals surface area contributed by atoms with Crippen LogP contribution in [-0.4, -0.2) is 39.0 Å². The molecule has 1 N–H and O–H groups in total. The van der Waals surface area contributed by atoms with Crippen molar-refractivity contribution in [3.8, 4) is 0 Å². The van der Waals surface area contributed by atoms with Gasteiger partial charge in [0.15, 0.2) is 0 Å². The van der Waals surface area contributed by atoms with E-state index in [2.05, 4.69) is 26.1 Å². The molecule has 0 amide bonds. The molecule has 0 aliphatic rings. The molecule has 0 aliphatic carbocycles. The van der Waals surface area contributed by atoms with E-state index >= 15 is 0 Å². The van der Waals surface area contributed by atoms with Crippen LogP contribution >= 0.6 is 0 Å². The third-order valence-corrected chi connectivity index (χ3v) is 2.58. The van der Waals surface area contributed by atoms with E-state index in [1.165, 1.54) is 19.3 Å². The Hall–Kier alpha value is -0.120. The van der Waals surface area contributed by atoms with Gasteiger partial charge in [-0.15, -0.1) is 0 Å². The predicted molar refractivity (Wildman–Crippen MR) is 68.9 cm³/mol. The van der Waals surface area contributed by atoms with Crippen LogP contribution in [0.25, 0.3) is 0 Å². The van der Waals surface area contributed by atoms with Crippen LogP contribution in [0.3, 0.4) is 0 Å². The van der Waals surface area contributed by atoms with Gasteiger partial charge in [0, 0.05) is 19.8 Å². The monoisotopic (exact) mass is 231 g/mol. The first kappa shape index (κ1) is 15.9. The van der Waals surface area contributed by atoms with Crippen LogP contribution in [0.1, 0.15) is 46.5 Å². The molecule has 2 unspecified atom stereocenters.